The summed E-state index contributed by atoms with van der Waals surface area (Å²) in [7, 11) is 0. The number of rotatable bonds is 12. The van der Waals surface area contributed by atoms with Crippen molar-refractivity contribution in [2.45, 2.75) is 81.1 Å². The fourth-order valence-electron chi connectivity index (χ4n) is 8.37. The Morgan fingerprint density at radius 1 is 0.383 bits per heavy atom. The van der Waals surface area contributed by atoms with Gasteiger partial charge in [-0.05, 0) is 124 Å². The van der Waals surface area contributed by atoms with Crippen LogP contribution in [-0.4, -0.2) is 70.2 Å². The molecule has 12 heteroatoms. The highest BCUT2D eigenvalue weighted by Gasteiger charge is 2.26. The van der Waals surface area contributed by atoms with Crippen LogP contribution in [0.4, 0.5) is 0 Å². The molecule has 0 saturated carbocycles. The van der Waals surface area contributed by atoms with E-state index in [1.807, 2.05) is 24.3 Å². The van der Waals surface area contributed by atoms with Gasteiger partial charge in [0, 0.05) is 43.6 Å². The molecule has 3 aromatic heterocycles. The second kappa shape index (κ2) is 17.3. The number of H-pyrrole nitrogens is 2. The summed E-state index contributed by atoms with van der Waals surface area (Å²) in [6, 6.07) is 14.7. The highest BCUT2D eigenvalue weighted by molar-refractivity contribution is 6.17. The van der Waals surface area contributed by atoms with Crippen molar-refractivity contribution in [3.05, 3.63) is 93.6 Å². The van der Waals surface area contributed by atoms with E-state index in [4.69, 9.17) is 28.9 Å². The Hall–Kier alpha value is -6.56. The van der Waals surface area contributed by atoms with Crippen molar-refractivity contribution in [3.8, 4) is 0 Å². The van der Waals surface area contributed by atoms with Crippen LogP contribution in [0.15, 0.2) is 48.5 Å². The van der Waals surface area contributed by atoms with Crippen molar-refractivity contribution < 1.29 is 38.1 Å². The number of carbonyl (C=O) groups is 4. The number of carbonyl (C=O) groups excluding carboxylic acids is 4. The molecule has 2 N–H and O–H groups in total. The van der Waals surface area contributed by atoms with Gasteiger partial charge in [-0.3, -0.25) is 0 Å². The van der Waals surface area contributed by atoms with Gasteiger partial charge in [0.25, 0.3) is 0 Å². The first-order chi connectivity index (χ1) is 29.0. The van der Waals surface area contributed by atoms with Gasteiger partial charge in [0.05, 0.1) is 71.5 Å². The van der Waals surface area contributed by atoms with E-state index in [0.717, 1.165) is 45.1 Å². The minimum Gasteiger partial charge on any atom is -0.462 e. The van der Waals surface area contributed by atoms with Gasteiger partial charge >= 0.3 is 23.9 Å². The van der Waals surface area contributed by atoms with Gasteiger partial charge in [0.1, 0.15) is 0 Å². The lowest BCUT2D eigenvalue weighted by Gasteiger charge is -2.09. The van der Waals surface area contributed by atoms with Crippen molar-refractivity contribution in [2.24, 2.45) is 0 Å². The fraction of sp³-hybridized carbons (Fsp3) is 0.333. The zero-order chi connectivity index (χ0) is 42.8. The van der Waals surface area contributed by atoms with Crippen LogP contribution in [0.3, 0.4) is 0 Å². The zero-order valence-corrected chi connectivity index (χ0v) is 35.4. The maximum absolute atomic E-state index is 13.4. The minimum absolute atomic E-state index is 0.108. The van der Waals surface area contributed by atoms with Crippen LogP contribution in [0.2, 0.25) is 0 Å². The predicted octanol–water partition coefficient (Wildman–Crippen LogP) is 10.8. The Kier molecular flexibility index (Phi) is 12.0. The summed E-state index contributed by atoms with van der Waals surface area (Å²) >= 11 is 0. The molecule has 2 aromatic carbocycles. The molecule has 12 nitrogen and oxygen atoms in total. The van der Waals surface area contributed by atoms with Gasteiger partial charge in [-0.2, -0.15) is 0 Å². The molecule has 310 valence electrons. The molecule has 5 aromatic rings. The number of aromatic amines is 2. The second-order valence-corrected chi connectivity index (χ2v) is 14.3. The van der Waals surface area contributed by atoms with E-state index in [-0.39, 0.29) is 48.7 Å². The molecule has 5 heterocycles. The maximum atomic E-state index is 13.4. The Morgan fingerprint density at radius 3 is 0.783 bits per heavy atom. The smallest absolute Gasteiger partial charge is 0.339 e. The lowest BCUT2D eigenvalue weighted by atomic mass is 9.98. The first kappa shape index (κ1) is 41.6. The molecule has 0 saturated heterocycles. The van der Waals surface area contributed by atoms with Gasteiger partial charge in [-0.15, -0.1) is 0 Å². The molecule has 2 aliphatic heterocycles. The molecular weight excluding hydrogens is 761 g/mol. The largest absolute Gasteiger partial charge is 0.462 e. The van der Waals surface area contributed by atoms with E-state index in [1.165, 1.54) is 0 Å². The van der Waals surface area contributed by atoms with Crippen LogP contribution in [0.1, 0.15) is 145 Å². The van der Waals surface area contributed by atoms with Crippen molar-refractivity contribution in [3.63, 3.8) is 0 Å². The highest BCUT2D eigenvalue weighted by atomic mass is 16.5. The number of ether oxygens (including phenoxy) is 4. The maximum Gasteiger partial charge on any atom is 0.339 e. The number of benzene rings is 2. The Balaban J connectivity index is 1.69. The van der Waals surface area contributed by atoms with Gasteiger partial charge in [-0.1, -0.05) is 27.7 Å². The number of esters is 4. The standard InChI is InChI=1S/C48H50N4O8/c1-9-25-26(10-2)38-22-42-31-19-35(47(55)59-15-7)36(48(56)60-16-8)20-32(31)44(52-42)24-40-28(12-4)27(11-3)39(50-40)23-43-30-18-34(46(54)58-14-6)33(45(53)57-13-5)17-29(30)41(51-43)21-37(25)49-38/h17-24,51-52H,9-16H2,1-8H3. The third-order valence-corrected chi connectivity index (χ3v) is 11.0. The molecule has 60 heavy (non-hydrogen) atoms. The number of hydrogen-bond donors (Lipinski definition) is 2. The van der Waals surface area contributed by atoms with E-state index in [9.17, 15) is 19.2 Å². The first-order valence-electron chi connectivity index (χ1n) is 20.9. The summed E-state index contributed by atoms with van der Waals surface area (Å²) < 4.78 is 21.7. The van der Waals surface area contributed by atoms with Crippen molar-refractivity contribution in [1.29, 1.82) is 0 Å². The number of fused-ring (bicyclic) bond motifs is 14. The topological polar surface area (TPSA) is 163 Å². The molecule has 8 bridgehead atoms. The van der Waals surface area contributed by atoms with Crippen LogP contribution in [0, 0.1) is 0 Å². The molecular formula is C48H50N4O8. The van der Waals surface area contributed by atoms with E-state index in [2.05, 4.69) is 37.7 Å². The van der Waals surface area contributed by atoms with E-state index in [1.54, 1.807) is 52.0 Å². The average Bonchev–Trinajstić information content (AvgIpc) is 3.96. The Bertz CT molecular complexity index is 2470. The first-order valence-corrected chi connectivity index (χ1v) is 20.9. The van der Waals surface area contributed by atoms with Crippen molar-refractivity contribution in [1.82, 2.24) is 19.9 Å². The second-order valence-electron chi connectivity index (χ2n) is 14.3. The van der Waals surface area contributed by atoms with Crippen LogP contribution in [0.25, 0.3) is 65.9 Å². The van der Waals surface area contributed by atoms with Crippen LogP contribution >= 0.6 is 0 Å². The quantitative estimate of drug-likeness (QED) is 0.0916. The Morgan fingerprint density at radius 2 is 0.600 bits per heavy atom. The Labute approximate surface area is 348 Å². The summed E-state index contributed by atoms with van der Waals surface area (Å²) in [6.07, 6.45) is 2.76. The molecule has 7 rings (SSSR count). The van der Waals surface area contributed by atoms with E-state index >= 15 is 0 Å². The molecule has 0 radical (unpaired) electrons. The van der Waals surface area contributed by atoms with Crippen molar-refractivity contribution in [2.75, 3.05) is 26.4 Å². The number of nitrogens with one attached hydrogen (secondary N) is 2. The average molecular weight is 811 g/mol. The molecule has 0 amide bonds. The number of allylic oxidation sites excluding steroid dienone is 4. The molecule has 2 aliphatic rings. The minimum atomic E-state index is -0.624. The number of hydrogen-bond acceptors (Lipinski definition) is 10. The fourth-order valence-corrected chi connectivity index (χ4v) is 8.37. The van der Waals surface area contributed by atoms with E-state index in [0.29, 0.717) is 69.3 Å². The number of nitrogens with zero attached hydrogens (tertiary/aromatic N) is 2. The lowest BCUT2D eigenvalue weighted by Crippen LogP contribution is -2.14. The predicted molar refractivity (Wildman–Crippen MR) is 235 cm³/mol. The zero-order valence-electron chi connectivity index (χ0n) is 35.4. The number of aromatic nitrogens is 4. The van der Waals surface area contributed by atoms with Gasteiger partial charge in [-0.25, -0.2) is 29.1 Å². The van der Waals surface area contributed by atoms with Gasteiger partial charge in [0.2, 0.25) is 0 Å². The van der Waals surface area contributed by atoms with Gasteiger partial charge in [0.15, 0.2) is 0 Å². The highest BCUT2D eigenvalue weighted by Crippen LogP contribution is 2.40. The normalized spacial score (nSPS) is 12.7. The molecule has 0 spiro atoms. The summed E-state index contributed by atoms with van der Waals surface area (Å²) in [4.78, 5) is 71.3. The lowest BCUT2D eigenvalue weighted by molar-refractivity contribution is 0.0479. The van der Waals surface area contributed by atoms with Gasteiger partial charge < -0.3 is 28.9 Å². The van der Waals surface area contributed by atoms with E-state index < -0.39 is 23.9 Å². The third-order valence-electron chi connectivity index (χ3n) is 11.0. The molecule has 0 atom stereocenters. The van der Waals surface area contributed by atoms with Crippen molar-refractivity contribution >= 4 is 89.8 Å². The monoisotopic (exact) mass is 810 g/mol. The summed E-state index contributed by atoms with van der Waals surface area (Å²) in [5.41, 5.74) is 10.4. The molecule has 0 fully saturated rings. The third kappa shape index (κ3) is 7.35. The van der Waals surface area contributed by atoms with Crippen LogP contribution in [-0.2, 0) is 18.9 Å². The SMILES string of the molecule is CCOC(=O)c1cc2c3cc4nc(cc5[nH]c(cc6nc(cc([nH]3)c2cc1C(=O)OCC)C(CC)=C6CC)c1cc(C(=O)OCC)c(C(=O)OCC)cc51)C(CC)=C4CC. The summed E-state index contributed by atoms with van der Waals surface area (Å²) in [5, 5.41) is 2.80. The summed E-state index contributed by atoms with van der Waals surface area (Å²) in [6.45, 7) is 15.8. The molecule has 0 unspecified atom stereocenters. The summed E-state index contributed by atoms with van der Waals surface area (Å²) in [5.74, 6) is -2.50. The van der Waals surface area contributed by atoms with Crippen LogP contribution < -0.4 is 0 Å². The van der Waals surface area contributed by atoms with Crippen LogP contribution in [0.5, 0.6) is 0 Å². The molecule has 0 aliphatic carbocycles.